The van der Waals surface area contributed by atoms with Gasteiger partial charge >= 0.3 is 8.80 Å². The van der Waals surface area contributed by atoms with E-state index in [0.717, 1.165) is 6.04 Å². The molecule has 2 N–H and O–H groups in total. The van der Waals surface area contributed by atoms with Crippen LogP contribution in [0.25, 0.3) is 0 Å². The van der Waals surface area contributed by atoms with Crippen molar-refractivity contribution in [3.8, 4) is 0 Å². The number of hydrogen-bond donors (Lipinski definition) is 1. The van der Waals surface area contributed by atoms with Gasteiger partial charge in [0.2, 0.25) is 0 Å². The molecule has 0 aromatic heterocycles. The zero-order valence-corrected chi connectivity index (χ0v) is 14.2. The Balaban J connectivity index is 0.000000388. The van der Waals surface area contributed by atoms with Gasteiger partial charge in [-0.05, 0) is 33.6 Å². The fraction of sp³-hybridized carbons (Fsp3) is 1.00. The number of nitrogens with two attached hydrogens (primary N) is 1. The van der Waals surface area contributed by atoms with Gasteiger partial charge in [-0.3, -0.25) is 0 Å². The number of rotatable bonds is 7. The molecule has 1 rings (SSSR count). The van der Waals surface area contributed by atoms with Crippen LogP contribution in [-0.2, 0) is 13.3 Å². The van der Waals surface area contributed by atoms with Gasteiger partial charge in [-0.2, -0.15) is 0 Å². The molecule has 0 unspecified atom stereocenters. The molecule has 0 spiro atoms. The molecule has 116 valence electrons. The molecule has 4 nitrogen and oxygen atoms in total. The maximum absolute atomic E-state index is 5.63. The lowest BCUT2D eigenvalue weighted by Gasteiger charge is -2.26. The summed E-state index contributed by atoms with van der Waals surface area (Å²) < 4.78 is 16.7. The van der Waals surface area contributed by atoms with Gasteiger partial charge in [-0.15, -0.1) is 0 Å². The van der Waals surface area contributed by atoms with Gasteiger partial charge in [0.05, 0.1) is 0 Å². The molecular weight excluding hydrogens is 258 g/mol. The van der Waals surface area contributed by atoms with Crippen molar-refractivity contribution in [1.29, 1.82) is 0 Å². The van der Waals surface area contributed by atoms with E-state index in [1.165, 1.54) is 32.1 Å². The first-order valence-electron chi connectivity index (χ1n) is 7.81. The van der Waals surface area contributed by atoms with E-state index in [9.17, 15) is 0 Å². The quantitative estimate of drug-likeness (QED) is 0.731. The van der Waals surface area contributed by atoms with Gasteiger partial charge in [-0.25, -0.2) is 0 Å². The van der Waals surface area contributed by atoms with Crippen molar-refractivity contribution in [1.82, 2.24) is 0 Å². The monoisotopic (exact) mass is 291 g/mol. The molecular formula is C14H33NO3Si. The molecule has 19 heavy (non-hydrogen) atoms. The van der Waals surface area contributed by atoms with E-state index in [4.69, 9.17) is 19.0 Å². The SMILES string of the molecule is CCO[Si](CC)(OCC)OCC.NC1CCCCC1. The van der Waals surface area contributed by atoms with Crippen molar-refractivity contribution in [2.45, 2.75) is 71.9 Å². The van der Waals surface area contributed by atoms with E-state index in [2.05, 4.69) is 0 Å². The first-order valence-corrected chi connectivity index (χ1v) is 9.74. The van der Waals surface area contributed by atoms with Crippen molar-refractivity contribution in [2.75, 3.05) is 19.8 Å². The normalized spacial score (nSPS) is 16.9. The Morgan fingerprint density at radius 1 is 0.842 bits per heavy atom. The van der Waals surface area contributed by atoms with Gasteiger partial charge in [-0.1, -0.05) is 26.2 Å². The van der Waals surface area contributed by atoms with Crippen molar-refractivity contribution in [3.05, 3.63) is 0 Å². The molecule has 1 aliphatic rings. The summed E-state index contributed by atoms with van der Waals surface area (Å²) in [6.45, 7) is 9.95. The lowest BCUT2D eigenvalue weighted by atomic mass is 9.97. The maximum Gasteiger partial charge on any atom is 0.500 e. The minimum atomic E-state index is -2.27. The van der Waals surface area contributed by atoms with Crippen LogP contribution in [0.5, 0.6) is 0 Å². The van der Waals surface area contributed by atoms with E-state index in [0.29, 0.717) is 25.9 Å². The highest BCUT2D eigenvalue weighted by Crippen LogP contribution is 2.15. The summed E-state index contributed by atoms with van der Waals surface area (Å²) in [5, 5.41) is 0. The highest BCUT2D eigenvalue weighted by molar-refractivity contribution is 6.60. The first kappa shape index (κ1) is 19.1. The Labute approximate surface area is 120 Å². The molecule has 0 aromatic carbocycles. The smallest absolute Gasteiger partial charge is 0.374 e. The molecule has 0 radical (unpaired) electrons. The first-order chi connectivity index (χ1) is 9.14. The highest BCUT2D eigenvalue weighted by Gasteiger charge is 2.37. The highest BCUT2D eigenvalue weighted by atomic mass is 28.4. The fourth-order valence-corrected chi connectivity index (χ4v) is 4.41. The third-order valence-electron chi connectivity index (χ3n) is 3.18. The van der Waals surface area contributed by atoms with Crippen molar-refractivity contribution >= 4 is 8.80 Å². The molecule has 1 fully saturated rings. The maximum atomic E-state index is 5.63. The number of hydrogen-bond acceptors (Lipinski definition) is 4. The summed E-state index contributed by atoms with van der Waals surface area (Å²) in [6.07, 6.45) is 6.66. The second kappa shape index (κ2) is 11.8. The molecule has 1 aliphatic carbocycles. The second-order valence-electron chi connectivity index (χ2n) is 4.73. The molecule has 1 saturated carbocycles. The lowest BCUT2D eigenvalue weighted by molar-refractivity contribution is 0.0725. The lowest BCUT2D eigenvalue weighted by Crippen LogP contribution is -2.45. The van der Waals surface area contributed by atoms with Crippen LogP contribution in [0.1, 0.15) is 59.8 Å². The zero-order valence-electron chi connectivity index (χ0n) is 13.2. The van der Waals surface area contributed by atoms with Crippen molar-refractivity contribution in [3.63, 3.8) is 0 Å². The molecule has 0 aromatic rings. The molecule has 0 amide bonds. The van der Waals surface area contributed by atoms with Crippen LogP contribution in [-0.4, -0.2) is 34.7 Å². The standard InChI is InChI=1S/C8H20O3Si.C6H13N/c1-5-9-12(8-4,10-6-2)11-7-3;7-6-4-2-1-3-5-6/h5-8H2,1-4H3;6H,1-5,7H2. The molecule has 0 aliphatic heterocycles. The molecule has 0 heterocycles. The van der Waals surface area contributed by atoms with Gasteiger partial charge < -0.3 is 19.0 Å². The van der Waals surface area contributed by atoms with Gasteiger partial charge in [0.1, 0.15) is 0 Å². The Kier molecular flexibility index (Phi) is 11.9. The minimum Gasteiger partial charge on any atom is -0.374 e. The van der Waals surface area contributed by atoms with Crippen LogP contribution in [0.15, 0.2) is 0 Å². The average molecular weight is 292 g/mol. The van der Waals surface area contributed by atoms with Gasteiger partial charge in [0.15, 0.2) is 0 Å². The van der Waals surface area contributed by atoms with Crippen molar-refractivity contribution in [2.24, 2.45) is 5.73 Å². The van der Waals surface area contributed by atoms with Crippen LogP contribution in [0.2, 0.25) is 6.04 Å². The minimum absolute atomic E-state index is 0.536. The van der Waals surface area contributed by atoms with Crippen LogP contribution in [0.4, 0.5) is 0 Å². The van der Waals surface area contributed by atoms with Crippen LogP contribution in [0.3, 0.4) is 0 Å². The van der Waals surface area contributed by atoms with E-state index >= 15 is 0 Å². The van der Waals surface area contributed by atoms with Crippen LogP contribution < -0.4 is 5.73 Å². The largest absolute Gasteiger partial charge is 0.500 e. The van der Waals surface area contributed by atoms with E-state index in [1.54, 1.807) is 0 Å². The van der Waals surface area contributed by atoms with Crippen LogP contribution >= 0.6 is 0 Å². The predicted molar refractivity (Wildman–Crippen MR) is 82.2 cm³/mol. The Hall–Kier alpha value is 0.0569. The summed E-state index contributed by atoms with van der Waals surface area (Å²) >= 11 is 0. The summed E-state index contributed by atoms with van der Waals surface area (Å²) in [7, 11) is -2.27. The molecule has 5 heteroatoms. The van der Waals surface area contributed by atoms with E-state index in [-0.39, 0.29) is 0 Å². The van der Waals surface area contributed by atoms with Gasteiger partial charge in [0.25, 0.3) is 0 Å². The Morgan fingerprint density at radius 2 is 1.26 bits per heavy atom. The zero-order chi connectivity index (χ0) is 14.6. The molecule has 0 bridgehead atoms. The summed E-state index contributed by atoms with van der Waals surface area (Å²) in [5.74, 6) is 0. The third-order valence-corrected chi connectivity index (χ3v) is 6.23. The summed E-state index contributed by atoms with van der Waals surface area (Å²) in [6, 6.07) is 1.39. The van der Waals surface area contributed by atoms with E-state index in [1.807, 2.05) is 27.7 Å². The fourth-order valence-electron chi connectivity index (χ4n) is 2.23. The summed E-state index contributed by atoms with van der Waals surface area (Å²) in [4.78, 5) is 0. The third kappa shape index (κ3) is 8.76. The van der Waals surface area contributed by atoms with Gasteiger partial charge in [0, 0.05) is 31.9 Å². The Morgan fingerprint density at radius 3 is 1.47 bits per heavy atom. The summed E-state index contributed by atoms with van der Waals surface area (Å²) in [5.41, 5.74) is 5.63. The Bertz CT molecular complexity index is 182. The molecule has 0 saturated heterocycles. The van der Waals surface area contributed by atoms with Crippen molar-refractivity contribution < 1.29 is 13.3 Å². The van der Waals surface area contributed by atoms with Crippen LogP contribution in [0, 0.1) is 0 Å². The predicted octanol–water partition coefficient (Wildman–Crippen LogP) is 3.33. The average Bonchev–Trinajstić information content (AvgIpc) is 2.41. The topological polar surface area (TPSA) is 53.7 Å². The molecule has 0 atom stereocenters. The second-order valence-corrected chi connectivity index (χ2v) is 7.67. The van der Waals surface area contributed by atoms with E-state index < -0.39 is 8.80 Å².